The van der Waals surface area contributed by atoms with Gasteiger partial charge in [0.2, 0.25) is 0 Å². The second-order valence-corrected chi connectivity index (χ2v) is 14.4. The monoisotopic (exact) mass is 755 g/mol. The summed E-state index contributed by atoms with van der Waals surface area (Å²) in [6, 6.07) is 31.7. The van der Waals surface area contributed by atoms with Gasteiger partial charge in [-0.3, -0.25) is 14.6 Å². The molecule has 0 aliphatic carbocycles. The number of phenols is 1. The van der Waals surface area contributed by atoms with E-state index in [-0.39, 0.29) is 24.0 Å². The zero-order valence-electron chi connectivity index (χ0n) is 30.4. The molecule has 280 valence electrons. The van der Waals surface area contributed by atoms with Crippen LogP contribution >= 0.6 is 11.8 Å². The molecule has 6 aromatic rings. The fourth-order valence-corrected chi connectivity index (χ4v) is 7.55. The summed E-state index contributed by atoms with van der Waals surface area (Å²) in [6.07, 6.45) is 2.42. The molecule has 0 saturated heterocycles. The Morgan fingerprint density at radius 2 is 1.78 bits per heavy atom. The first kappa shape index (κ1) is 37.2. The van der Waals surface area contributed by atoms with Gasteiger partial charge in [0.25, 0.3) is 11.8 Å². The van der Waals surface area contributed by atoms with E-state index in [4.69, 9.17) is 15.2 Å². The van der Waals surface area contributed by atoms with E-state index in [1.807, 2.05) is 37.3 Å². The molecule has 0 radical (unpaired) electrons. The van der Waals surface area contributed by atoms with Crippen molar-refractivity contribution in [2.45, 2.75) is 35.7 Å². The van der Waals surface area contributed by atoms with Crippen molar-refractivity contribution in [3.8, 4) is 28.4 Å². The van der Waals surface area contributed by atoms with Crippen molar-refractivity contribution >= 4 is 51.5 Å². The van der Waals surface area contributed by atoms with Crippen molar-refractivity contribution in [1.82, 2.24) is 10.3 Å². The van der Waals surface area contributed by atoms with Gasteiger partial charge in [0, 0.05) is 45.2 Å². The van der Waals surface area contributed by atoms with Crippen LogP contribution in [0.15, 0.2) is 113 Å². The molecule has 7 N–H and O–H groups in total. The van der Waals surface area contributed by atoms with Crippen LogP contribution in [0.25, 0.3) is 22.0 Å². The van der Waals surface area contributed by atoms with Crippen LogP contribution in [-0.4, -0.2) is 53.8 Å². The minimum atomic E-state index is -0.862. The molecule has 2 heterocycles. The van der Waals surface area contributed by atoms with E-state index in [9.17, 15) is 19.8 Å². The number of aliphatic hydroxyl groups is 1. The average molecular weight is 756 g/mol. The number of phenolic OH excluding ortho intramolecular Hbond substituents is 1. The molecule has 55 heavy (non-hydrogen) atoms. The third-order valence-corrected chi connectivity index (χ3v) is 10.4. The molecule has 0 unspecified atom stereocenters. The van der Waals surface area contributed by atoms with Crippen LogP contribution in [0.2, 0.25) is 0 Å². The molecule has 1 atom stereocenters. The van der Waals surface area contributed by atoms with Gasteiger partial charge in [0.05, 0.1) is 30.0 Å². The number of amides is 2. The molecule has 5 aromatic carbocycles. The van der Waals surface area contributed by atoms with Gasteiger partial charge in [-0.15, -0.1) is 0 Å². The Balaban J connectivity index is 0.959. The lowest BCUT2D eigenvalue weighted by atomic mass is 10.0. The third-order valence-electron chi connectivity index (χ3n) is 9.41. The Bertz CT molecular complexity index is 2370. The van der Waals surface area contributed by atoms with Gasteiger partial charge in [0.15, 0.2) is 12.4 Å². The van der Waals surface area contributed by atoms with Gasteiger partial charge < -0.3 is 41.4 Å². The number of carbonyl (C=O) groups is 2. The summed E-state index contributed by atoms with van der Waals surface area (Å²) in [5.74, 6) is -0.0241. The Morgan fingerprint density at radius 3 is 2.53 bits per heavy atom. The SMILES string of the molecule is COc1cccc(Nc2c(C(N)=O)cnc3c(C)cc(Sc4ccc(-c5ccc(CCCNC[C@H](O)c6ccc(O)c7c6OCC(=O)N7)cc5)cc4)cc23)c1. The molecule has 11 nitrogen and oxygen atoms in total. The lowest BCUT2D eigenvalue weighted by Gasteiger charge is -2.23. The van der Waals surface area contributed by atoms with Gasteiger partial charge in [-0.25, -0.2) is 0 Å². The van der Waals surface area contributed by atoms with Crippen molar-refractivity contribution in [2.75, 3.05) is 37.4 Å². The number of methoxy groups -OCH3 is 1. The molecule has 2 amide bonds. The molecular weight excluding hydrogens is 715 g/mol. The summed E-state index contributed by atoms with van der Waals surface area (Å²) in [6.45, 7) is 2.86. The topological polar surface area (TPSA) is 168 Å². The number of nitrogens with zero attached hydrogens (tertiary/aromatic N) is 1. The molecule has 12 heteroatoms. The second-order valence-electron chi connectivity index (χ2n) is 13.3. The van der Waals surface area contributed by atoms with Crippen molar-refractivity contribution < 1.29 is 29.3 Å². The summed E-state index contributed by atoms with van der Waals surface area (Å²) in [7, 11) is 1.61. The number of primary amides is 1. The summed E-state index contributed by atoms with van der Waals surface area (Å²) in [5.41, 5.74) is 13.4. The van der Waals surface area contributed by atoms with Gasteiger partial charge in [0.1, 0.15) is 17.2 Å². The second kappa shape index (κ2) is 16.5. The summed E-state index contributed by atoms with van der Waals surface area (Å²) in [4.78, 5) is 30.8. The van der Waals surface area contributed by atoms with E-state index in [1.54, 1.807) is 24.9 Å². The van der Waals surface area contributed by atoms with E-state index >= 15 is 0 Å². The van der Waals surface area contributed by atoms with Gasteiger partial charge in [-0.2, -0.15) is 0 Å². The van der Waals surface area contributed by atoms with Crippen molar-refractivity contribution in [3.05, 3.63) is 126 Å². The number of benzene rings is 5. The number of nitrogens with two attached hydrogens (primary N) is 1. The molecule has 0 saturated carbocycles. The lowest BCUT2D eigenvalue weighted by Crippen LogP contribution is -2.28. The quantitative estimate of drug-likeness (QED) is 0.0484. The standard InChI is InChI=1S/C43H41N5O6S/c1-25-19-32(21-34-39(25)46-22-35(43(44)52)40(34)47-29-6-3-7-30(20-29)53-2)55-31-14-12-28(13-15-31)27-10-8-26(9-11-27)5-4-18-45-23-37(50)33-16-17-36(49)41-42(33)54-24-38(51)48-41/h3,6-17,19-22,37,45,49-50H,4-5,18,23-24H2,1-2H3,(H2,44,52)(H,46,47)(H,48,51)/t37-/m0/s1. The normalized spacial score (nSPS) is 12.7. The van der Waals surface area contributed by atoms with E-state index < -0.39 is 12.0 Å². The molecule has 0 spiro atoms. The van der Waals surface area contributed by atoms with Crippen molar-refractivity contribution in [1.29, 1.82) is 0 Å². The number of aromatic hydroxyl groups is 1. The Hall–Kier alpha value is -6.08. The van der Waals surface area contributed by atoms with Crippen LogP contribution in [0, 0.1) is 6.92 Å². The van der Waals surface area contributed by atoms with E-state index in [0.717, 1.165) is 55.9 Å². The zero-order chi connectivity index (χ0) is 38.5. The first-order chi connectivity index (χ1) is 26.7. The number of aromatic nitrogens is 1. The highest BCUT2D eigenvalue weighted by Crippen LogP contribution is 2.41. The number of hydrogen-bond donors (Lipinski definition) is 6. The van der Waals surface area contributed by atoms with E-state index in [1.165, 1.54) is 17.8 Å². The molecule has 0 bridgehead atoms. The predicted octanol–water partition coefficient (Wildman–Crippen LogP) is 7.50. The Labute approximate surface area is 322 Å². The van der Waals surface area contributed by atoms with E-state index in [0.29, 0.717) is 41.4 Å². The summed E-state index contributed by atoms with van der Waals surface area (Å²) < 4.78 is 10.9. The number of rotatable bonds is 14. The Morgan fingerprint density at radius 1 is 1.02 bits per heavy atom. The number of fused-ring (bicyclic) bond motifs is 2. The smallest absolute Gasteiger partial charge is 0.262 e. The van der Waals surface area contributed by atoms with Crippen LogP contribution < -0.4 is 31.2 Å². The number of carbonyl (C=O) groups excluding carboxylic acids is 2. The van der Waals surface area contributed by atoms with Crippen LogP contribution in [-0.2, 0) is 11.2 Å². The molecular formula is C43H41N5O6S. The first-order valence-electron chi connectivity index (χ1n) is 17.9. The Kier molecular flexibility index (Phi) is 11.2. The van der Waals surface area contributed by atoms with Crippen LogP contribution in [0.4, 0.5) is 17.1 Å². The van der Waals surface area contributed by atoms with Gasteiger partial charge in [-0.05, 0) is 97.1 Å². The highest BCUT2D eigenvalue weighted by Gasteiger charge is 2.25. The van der Waals surface area contributed by atoms with Crippen molar-refractivity contribution in [3.63, 3.8) is 0 Å². The fourth-order valence-electron chi connectivity index (χ4n) is 6.59. The number of nitrogens with one attached hydrogen (secondary N) is 3. The molecule has 0 fully saturated rings. The predicted molar refractivity (Wildman–Crippen MR) is 216 cm³/mol. The minimum absolute atomic E-state index is 0.100. The number of pyridine rings is 1. The first-order valence-corrected chi connectivity index (χ1v) is 18.7. The molecule has 1 aliphatic heterocycles. The third kappa shape index (κ3) is 8.52. The number of aryl methyl sites for hydroxylation is 2. The maximum Gasteiger partial charge on any atom is 0.262 e. The van der Waals surface area contributed by atoms with Crippen LogP contribution in [0.1, 0.15) is 39.6 Å². The minimum Gasteiger partial charge on any atom is -0.506 e. The highest BCUT2D eigenvalue weighted by molar-refractivity contribution is 7.99. The molecule has 1 aromatic heterocycles. The van der Waals surface area contributed by atoms with Gasteiger partial charge >= 0.3 is 0 Å². The van der Waals surface area contributed by atoms with Crippen LogP contribution in [0.3, 0.4) is 0 Å². The number of ether oxygens (including phenoxy) is 2. The number of aliphatic hydroxyl groups excluding tert-OH is 1. The van der Waals surface area contributed by atoms with E-state index in [2.05, 4.69) is 75.5 Å². The fraction of sp³-hybridized carbons (Fsp3) is 0.186. The average Bonchev–Trinajstić information content (AvgIpc) is 3.19. The van der Waals surface area contributed by atoms with Crippen LogP contribution in [0.5, 0.6) is 17.2 Å². The summed E-state index contributed by atoms with van der Waals surface area (Å²) in [5, 5.41) is 30.9. The molecule has 1 aliphatic rings. The molecule has 7 rings (SSSR count). The largest absolute Gasteiger partial charge is 0.506 e. The maximum atomic E-state index is 12.5. The number of hydrogen-bond acceptors (Lipinski definition) is 10. The van der Waals surface area contributed by atoms with Crippen molar-refractivity contribution in [2.24, 2.45) is 5.73 Å². The number of anilines is 3. The zero-order valence-corrected chi connectivity index (χ0v) is 31.2. The highest BCUT2D eigenvalue weighted by atomic mass is 32.2. The maximum absolute atomic E-state index is 12.5. The lowest BCUT2D eigenvalue weighted by molar-refractivity contribution is -0.118. The summed E-state index contributed by atoms with van der Waals surface area (Å²) >= 11 is 1.63. The van der Waals surface area contributed by atoms with Gasteiger partial charge in [-0.1, -0.05) is 54.2 Å².